The van der Waals surface area contributed by atoms with Crippen molar-refractivity contribution in [2.24, 2.45) is 0 Å². The van der Waals surface area contributed by atoms with E-state index in [0.29, 0.717) is 23.7 Å². The van der Waals surface area contributed by atoms with Crippen LogP contribution < -0.4 is 10.1 Å². The number of hydrogen-bond acceptors (Lipinski definition) is 5. The predicted octanol–water partition coefficient (Wildman–Crippen LogP) is 4.61. The third kappa shape index (κ3) is 5.90. The van der Waals surface area contributed by atoms with Crippen LogP contribution in [0.5, 0.6) is 5.75 Å². The van der Waals surface area contributed by atoms with Gasteiger partial charge in [0, 0.05) is 27.6 Å². The van der Waals surface area contributed by atoms with Crippen molar-refractivity contribution in [2.45, 2.75) is 13.3 Å². The van der Waals surface area contributed by atoms with Gasteiger partial charge in [0.05, 0.1) is 25.8 Å². The van der Waals surface area contributed by atoms with Crippen molar-refractivity contribution >= 4 is 44.8 Å². The highest BCUT2D eigenvalue weighted by Gasteiger charge is 2.18. The van der Waals surface area contributed by atoms with E-state index in [4.69, 9.17) is 4.74 Å². The smallest absolute Gasteiger partial charge is 0.243 e. The number of likely N-dealkylation sites (N-methyl/N-ethyl adjacent to an activating group) is 1. The summed E-state index contributed by atoms with van der Waals surface area (Å²) in [5, 5.41) is 5.55. The third-order valence-corrected chi connectivity index (χ3v) is 5.83. The van der Waals surface area contributed by atoms with Crippen LogP contribution in [0.2, 0.25) is 0 Å². The minimum Gasteiger partial charge on any atom is -0.497 e. The number of methoxy groups -OCH3 is 1. The van der Waals surface area contributed by atoms with Crippen molar-refractivity contribution in [2.75, 3.05) is 25.5 Å². The van der Waals surface area contributed by atoms with Crippen molar-refractivity contribution in [3.05, 3.63) is 64.1 Å². The van der Waals surface area contributed by atoms with Crippen LogP contribution in [0, 0.1) is 0 Å². The molecule has 1 aromatic heterocycles. The van der Waals surface area contributed by atoms with E-state index in [9.17, 15) is 9.59 Å². The Morgan fingerprint density at radius 3 is 2.63 bits per heavy atom. The fourth-order valence-electron chi connectivity index (χ4n) is 2.83. The summed E-state index contributed by atoms with van der Waals surface area (Å²) < 4.78 is 6.09. The normalized spacial score (nSPS) is 10.5. The average Bonchev–Trinajstić information content (AvgIpc) is 3.21. The number of carbonyl (C=O) groups is 2. The Kier molecular flexibility index (Phi) is 7.59. The number of halogens is 1. The summed E-state index contributed by atoms with van der Waals surface area (Å²) in [5.74, 6) is 0.334. The van der Waals surface area contributed by atoms with Gasteiger partial charge in [-0.25, -0.2) is 4.98 Å². The lowest BCUT2D eigenvalue weighted by atomic mass is 10.2. The van der Waals surface area contributed by atoms with E-state index in [1.54, 1.807) is 31.4 Å². The van der Waals surface area contributed by atoms with Crippen LogP contribution in [-0.2, 0) is 16.0 Å². The number of anilines is 1. The summed E-state index contributed by atoms with van der Waals surface area (Å²) in [6.07, 6.45) is 0.161. The molecule has 0 unspecified atom stereocenters. The van der Waals surface area contributed by atoms with Crippen molar-refractivity contribution in [3.63, 3.8) is 0 Å². The van der Waals surface area contributed by atoms with Crippen molar-refractivity contribution < 1.29 is 14.3 Å². The molecule has 0 saturated carbocycles. The fourth-order valence-corrected chi connectivity index (χ4v) is 4.05. The minimum absolute atomic E-state index is 0.00993. The van der Waals surface area contributed by atoms with Gasteiger partial charge in [-0.1, -0.05) is 28.1 Å². The van der Waals surface area contributed by atoms with E-state index < -0.39 is 0 Å². The van der Waals surface area contributed by atoms with Gasteiger partial charge in [-0.2, -0.15) is 0 Å². The second-order valence-electron chi connectivity index (χ2n) is 6.52. The number of nitrogens with zero attached hydrogens (tertiary/aromatic N) is 2. The lowest BCUT2D eigenvalue weighted by Gasteiger charge is -2.20. The van der Waals surface area contributed by atoms with E-state index >= 15 is 0 Å². The number of thiazole rings is 1. The van der Waals surface area contributed by atoms with Gasteiger partial charge in [-0.3, -0.25) is 9.59 Å². The molecule has 3 rings (SSSR count). The average molecular weight is 488 g/mol. The maximum atomic E-state index is 12.7. The summed E-state index contributed by atoms with van der Waals surface area (Å²) in [7, 11) is 1.59. The van der Waals surface area contributed by atoms with Crippen LogP contribution in [-0.4, -0.2) is 41.9 Å². The van der Waals surface area contributed by atoms with E-state index in [-0.39, 0.29) is 24.8 Å². The second-order valence-corrected chi connectivity index (χ2v) is 8.29. The number of rotatable bonds is 8. The van der Waals surface area contributed by atoms with Gasteiger partial charge in [0.25, 0.3) is 0 Å². The van der Waals surface area contributed by atoms with E-state index in [0.717, 1.165) is 15.0 Å². The van der Waals surface area contributed by atoms with Gasteiger partial charge >= 0.3 is 0 Å². The first-order chi connectivity index (χ1) is 14.5. The van der Waals surface area contributed by atoms with Crippen LogP contribution in [0.3, 0.4) is 0 Å². The lowest BCUT2D eigenvalue weighted by Crippen LogP contribution is -2.38. The molecule has 6 nitrogen and oxygen atoms in total. The monoisotopic (exact) mass is 487 g/mol. The van der Waals surface area contributed by atoms with E-state index in [1.165, 1.54) is 16.2 Å². The SMILES string of the molecule is CCN(CC(=O)Nc1ccc(OC)cc1)C(=O)Cc1csc(-c2cccc(Br)c2)n1. The first-order valence-corrected chi connectivity index (χ1v) is 11.1. The molecule has 0 bridgehead atoms. The Hall–Kier alpha value is -2.71. The molecule has 0 aliphatic heterocycles. The lowest BCUT2D eigenvalue weighted by molar-refractivity contribution is -0.133. The molecular formula is C22H22BrN3O3S. The summed E-state index contributed by atoms with van der Waals surface area (Å²) >= 11 is 4.96. The molecule has 0 spiro atoms. The molecule has 2 amide bonds. The highest BCUT2D eigenvalue weighted by molar-refractivity contribution is 9.10. The van der Waals surface area contributed by atoms with E-state index in [1.807, 2.05) is 36.6 Å². The zero-order chi connectivity index (χ0) is 21.5. The number of carbonyl (C=O) groups excluding carboxylic acids is 2. The summed E-state index contributed by atoms with van der Waals surface area (Å²) in [4.78, 5) is 31.2. The zero-order valence-corrected chi connectivity index (χ0v) is 19.1. The van der Waals surface area contributed by atoms with Gasteiger partial charge in [-0.15, -0.1) is 11.3 Å². The first-order valence-electron chi connectivity index (χ1n) is 9.40. The fraction of sp³-hybridized carbons (Fsp3) is 0.227. The second kappa shape index (κ2) is 10.4. The predicted molar refractivity (Wildman–Crippen MR) is 123 cm³/mol. The standard InChI is InChI=1S/C22H22BrN3O3S/c1-3-26(13-20(27)24-17-7-9-19(29-2)10-8-17)21(28)12-18-14-30-22(25-18)15-5-4-6-16(23)11-15/h4-11,14H,3,12-13H2,1-2H3,(H,24,27). The van der Waals surface area contributed by atoms with Crippen LogP contribution in [0.1, 0.15) is 12.6 Å². The number of amides is 2. The topological polar surface area (TPSA) is 71.5 Å². The summed E-state index contributed by atoms with van der Waals surface area (Å²) in [6, 6.07) is 14.9. The van der Waals surface area contributed by atoms with E-state index in [2.05, 4.69) is 26.2 Å². The van der Waals surface area contributed by atoms with Crippen molar-refractivity contribution in [1.82, 2.24) is 9.88 Å². The van der Waals surface area contributed by atoms with Gasteiger partial charge in [-0.05, 0) is 43.3 Å². The van der Waals surface area contributed by atoms with Gasteiger partial charge in [0.15, 0.2) is 0 Å². The van der Waals surface area contributed by atoms with Gasteiger partial charge in [0.2, 0.25) is 11.8 Å². The van der Waals surface area contributed by atoms with Crippen LogP contribution in [0.4, 0.5) is 5.69 Å². The molecule has 30 heavy (non-hydrogen) atoms. The Labute approximate surface area is 188 Å². The molecule has 1 heterocycles. The Morgan fingerprint density at radius 2 is 1.97 bits per heavy atom. The van der Waals surface area contributed by atoms with Gasteiger partial charge in [0.1, 0.15) is 10.8 Å². The summed E-state index contributed by atoms with van der Waals surface area (Å²) in [5.41, 5.74) is 2.36. The van der Waals surface area contributed by atoms with Crippen LogP contribution >= 0.6 is 27.3 Å². The Morgan fingerprint density at radius 1 is 1.20 bits per heavy atom. The third-order valence-electron chi connectivity index (χ3n) is 4.40. The summed E-state index contributed by atoms with van der Waals surface area (Å²) in [6.45, 7) is 2.29. The van der Waals surface area contributed by atoms with Crippen LogP contribution in [0.25, 0.3) is 10.6 Å². The number of aromatic nitrogens is 1. The van der Waals surface area contributed by atoms with Crippen molar-refractivity contribution in [1.29, 1.82) is 0 Å². The maximum Gasteiger partial charge on any atom is 0.243 e. The molecule has 0 saturated heterocycles. The largest absolute Gasteiger partial charge is 0.497 e. The molecule has 156 valence electrons. The minimum atomic E-state index is -0.247. The highest BCUT2D eigenvalue weighted by atomic mass is 79.9. The Bertz CT molecular complexity index is 1020. The first kappa shape index (κ1) is 22.0. The number of benzene rings is 2. The molecule has 0 fully saturated rings. The molecule has 1 N–H and O–H groups in total. The number of ether oxygens (including phenoxy) is 1. The van der Waals surface area contributed by atoms with Crippen LogP contribution in [0.15, 0.2) is 58.4 Å². The van der Waals surface area contributed by atoms with Crippen molar-refractivity contribution in [3.8, 4) is 16.3 Å². The molecule has 2 aromatic carbocycles. The zero-order valence-electron chi connectivity index (χ0n) is 16.7. The quantitative estimate of drug-likeness (QED) is 0.503. The molecule has 0 aliphatic rings. The highest BCUT2D eigenvalue weighted by Crippen LogP contribution is 2.26. The molecule has 3 aromatic rings. The van der Waals surface area contributed by atoms with Gasteiger partial charge < -0.3 is 15.0 Å². The maximum absolute atomic E-state index is 12.7. The molecular weight excluding hydrogens is 466 g/mol. The molecule has 0 radical (unpaired) electrons. The number of hydrogen-bond donors (Lipinski definition) is 1. The Balaban J connectivity index is 1.58. The number of nitrogens with one attached hydrogen (secondary N) is 1. The molecule has 0 aliphatic carbocycles. The molecule has 8 heteroatoms. The molecule has 0 atom stereocenters.